The lowest BCUT2D eigenvalue weighted by Crippen LogP contribution is -2.43. The zero-order valence-corrected chi connectivity index (χ0v) is 9.17. The van der Waals surface area contributed by atoms with Gasteiger partial charge in [0.1, 0.15) is 0 Å². The van der Waals surface area contributed by atoms with Crippen LogP contribution < -0.4 is 5.32 Å². The van der Waals surface area contributed by atoms with Crippen LogP contribution in [0.15, 0.2) is 0 Å². The lowest BCUT2D eigenvalue weighted by molar-refractivity contribution is 0.0623. The van der Waals surface area contributed by atoms with Gasteiger partial charge in [-0.25, -0.2) is 0 Å². The average molecular weight is 198 g/mol. The Morgan fingerprint density at radius 1 is 1.29 bits per heavy atom. The van der Waals surface area contributed by atoms with Gasteiger partial charge in [-0.05, 0) is 45.8 Å². The molecule has 0 radical (unpaired) electrons. The third kappa shape index (κ3) is 2.69. The van der Waals surface area contributed by atoms with Gasteiger partial charge in [-0.2, -0.15) is 0 Å². The second kappa shape index (κ2) is 5.10. The van der Waals surface area contributed by atoms with E-state index in [9.17, 15) is 0 Å². The van der Waals surface area contributed by atoms with Crippen LogP contribution in [0.4, 0.5) is 0 Å². The molecule has 14 heavy (non-hydrogen) atoms. The lowest BCUT2D eigenvalue weighted by Gasteiger charge is -2.32. The highest BCUT2D eigenvalue weighted by Gasteiger charge is 2.22. The van der Waals surface area contributed by atoms with E-state index in [1.807, 2.05) is 0 Å². The van der Waals surface area contributed by atoms with Gasteiger partial charge in [-0.3, -0.25) is 0 Å². The average Bonchev–Trinajstić information content (AvgIpc) is 2.72. The van der Waals surface area contributed by atoms with Gasteiger partial charge in [0.25, 0.3) is 0 Å². The first-order valence-corrected chi connectivity index (χ1v) is 5.89. The predicted molar refractivity (Wildman–Crippen MR) is 57.5 cm³/mol. The number of piperidine rings is 1. The summed E-state index contributed by atoms with van der Waals surface area (Å²) in [5.74, 6) is 0. The van der Waals surface area contributed by atoms with E-state index in [1.54, 1.807) is 0 Å². The van der Waals surface area contributed by atoms with Crippen molar-refractivity contribution >= 4 is 0 Å². The molecule has 2 saturated heterocycles. The molecule has 0 aromatic heterocycles. The van der Waals surface area contributed by atoms with Gasteiger partial charge in [-0.1, -0.05) is 0 Å². The summed E-state index contributed by atoms with van der Waals surface area (Å²) in [7, 11) is 2.25. The van der Waals surface area contributed by atoms with Gasteiger partial charge in [-0.15, -0.1) is 0 Å². The maximum Gasteiger partial charge on any atom is 0.0702 e. The molecule has 0 aromatic rings. The minimum absolute atomic E-state index is 0.509. The monoisotopic (exact) mass is 198 g/mol. The molecular formula is C11H22N2O. The third-order valence-corrected chi connectivity index (χ3v) is 3.45. The van der Waals surface area contributed by atoms with Gasteiger partial charge in [0.2, 0.25) is 0 Å². The molecule has 2 fully saturated rings. The smallest absolute Gasteiger partial charge is 0.0702 e. The minimum Gasteiger partial charge on any atom is -0.377 e. The third-order valence-electron chi connectivity index (χ3n) is 3.45. The molecule has 3 heteroatoms. The molecule has 0 aromatic carbocycles. The van der Waals surface area contributed by atoms with Crippen LogP contribution >= 0.6 is 0 Å². The largest absolute Gasteiger partial charge is 0.377 e. The van der Waals surface area contributed by atoms with Gasteiger partial charge >= 0.3 is 0 Å². The number of nitrogens with zero attached hydrogens (tertiary/aromatic N) is 1. The Morgan fingerprint density at radius 3 is 2.71 bits per heavy atom. The van der Waals surface area contributed by atoms with Gasteiger partial charge in [0, 0.05) is 19.2 Å². The van der Waals surface area contributed by atoms with E-state index in [1.165, 1.54) is 38.8 Å². The van der Waals surface area contributed by atoms with Crippen LogP contribution in [0.25, 0.3) is 0 Å². The van der Waals surface area contributed by atoms with Crippen LogP contribution in [0.1, 0.15) is 25.7 Å². The van der Waals surface area contributed by atoms with Crippen molar-refractivity contribution in [3.05, 3.63) is 0 Å². The van der Waals surface area contributed by atoms with Crippen LogP contribution in [0.5, 0.6) is 0 Å². The summed E-state index contributed by atoms with van der Waals surface area (Å²) < 4.78 is 5.66. The normalized spacial score (nSPS) is 30.0. The molecule has 0 bridgehead atoms. The summed E-state index contributed by atoms with van der Waals surface area (Å²) in [6.07, 6.45) is 5.61. The molecule has 0 amide bonds. The molecular weight excluding hydrogens is 176 g/mol. The Kier molecular flexibility index (Phi) is 3.79. The van der Waals surface area contributed by atoms with Crippen LogP contribution in [-0.4, -0.2) is 50.3 Å². The summed E-state index contributed by atoms with van der Waals surface area (Å²) in [5.41, 5.74) is 0. The van der Waals surface area contributed by atoms with Crippen molar-refractivity contribution in [1.29, 1.82) is 0 Å². The zero-order chi connectivity index (χ0) is 9.80. The fourth-order valence-electron chi connectivity index (χ4n) is 2.51. The van der Waals surface area contributed by atoms with E-state index in [-0.39, 0.29) is 0 Å². The molecule has 0 spiro atoms. The number of hydrogen-bond acceptors (Lipinski definition) is 3. The van der Waals surface area contributed by atoms with Gasteiger partial charge in [0.05, 0.1) is 6.10 Å². The van der Waals surface area contributed by atoms with Crippen molar-refractivity contribution < 1.29 is 4.74 Å². The van der Waals surface area contributed by atoms with Crippen molar-refractivity contribution in [2.24, 2.45) is 0 Å². The van der Waals surface area contributed by atoms with E-state index in [0.717, 1.165) is 19.2 Å². The SMILES string of the molecule is CN(C[C@@H]1CCCO1)C1CCNCC1. The topological polar surface area (TPSA) is 24.5 Å². The highest BCUT2D eigenvalue weighted by molar-refractivity contribution is 4.78. The number of ether oxygens (including phenoxy) is 1. The molecule has 2 heterocycles. The standard InChI is InChI=1S/C11H22N2O/c1-13(9-11-3-2-8-14-11)10-4-6-12-7-5-10/h10-12H,2-9H2,1H3/t11-/m0/s1. The first kappa shape index (κ1) is 10.4. The summed E-state index contributed by atoms with van der Waals surface area (Å²) in [6.45, 7) is 4.47. The fourth-order valence-corrected chi connectivity index (χ4v) is 2.51. The summed E-state index contributed by atoms with van der Waals surface area (Å²) in [6, 6.07) is 0.778. The van der Waals surface area contributed by atoms with Gasteiger partial charge in [0.15, 0.2) is 0 Å². The van der Waals surface area contributed by atoms with Crippen molar-refractivity contribution in [3.63, 3.8) is 0 Å². The molecule has 2 aliphatic rings. The maximum atomic E-state index is 5.66. The molecule has 1 atom stereocenters. The maximum absolute atomic E-state index is 5.66. The molecule has 0 saturated carbocycles. The fraction of sp³-hybridized carbons (Fsp3) is 1.00. The summed E-state index contributed by atoms with van der Waals surface area (Å²) in [5, 5.41) is 3.41. The number of rotatable bonds is 3. The Morgan fingerprint density at radius 2 is 2.07 bits per heavy atom. The molecule has 0 aliphatic carbocycles. The Bertz CT molecular complexity index is 163. The predicted octanol–water partition coefficient (Wildman–Crippen LogP) is 0.849. The van der Waals surface area contributed by atoms with Crippen LogP contribution in [0.3, 0.4) is 0 Å². The van der Waals surface area contributed by atoms with Crippen LogP contribution in [-0.2, 0) is 4.74 Å². The zero-order valence-electron chi connectivity index (χ0n) is 9.17. The highest BCUT2D eigenvalue weighted by atomic mass is 16.5. The van der Waals surface area contributed by atoms with E-state index < -0.39 is 0 Å². The van der Waals surface area contributed by atoms with Crippen LogP contribution in [0.2, 0.25) is 0 Å². The van der Waals surface area contributed by atoms with E-state index >= 15 is 0 Å². The molecule has 1 N–H and O–H groups in total. The Labute approximate surface area is 86.8 Å². The Hall–Kier alpha value is -0.120. The van der Waals surface area contributed by atoms with Crippen molar-refractivity contribution in [1.82, 2.24) is 10.2 Å². The van der Waals surface area contributed by atoms with Crippen molar-refractivity contribution in [2.75, 3.05) is 33.3 Å². The van der Waals surface area contributed by atoms with Crippen LogP contribution in [0, 0.1) is 0 Å². The highest BCUT2D eigenvalue weighted by Crippen LogP contribution is 2.16. The molecule has 0 unspecified atom stereocenters. The van der Waals surface area contributed by atoms with E-state index in [2.05, 4.69) is 17.3 Å². The summed E-state index contributed by atoms with van der Waals surface area (Å²) in [4.78, 5) is 2.50. The van der Waals surface area contributed by atoms with Crippen molar-refractivity contribution in [3.8, 4) is 0 Å². The molecule has 3 nitrogen and oxygen atoms in total. The second-order valence-electron chi connectivity index (χ2n) is 4.56. The quantitative estimate of drug-likeness (QED) is 0.727. The minimum atomic E-state index is 0.509. The first-order valence-electron chi connectivity index (χ1n) is 5.89. The molecule has 2 aliphatic heterocycles. The molecule has 82 valence electrons. The second-order valence-corrected chi connectivity index (χ2v) is 4.56. The van der Waals surface area contributed by atoms with E-state index in [4.69, 9.17) is 4.74 Å². The first-order chi connectivity index (χ1) is 6.86. The number of nitrogens with one attached hydrogen (secondary N) is 1. The lowest BCUT2D eigenvalue weighted by atomic mass is 10.0. The van der Waals surface area contributed by atoms with Gasteiger partial charge < -0.3 is 15.0 Å². The molecule has 2 rings (SSSR count). The number of likely N-dealkylation sites (N-methyl/N-ethyl adjacent to an activating group) is 1. The summed E-state index contributed by atoms with van der Waals surface area (Å²) >= 11 is 0. The van der Waals surface area contributed by atoms with E-state index in [0.29, 0.717) is 6.10 Å². The number of hydrogen-bond donors (Lipinski definition) is 1. The Balaban J connectivity index is 1.72. The van der Waals surface area contributed by atoms with Crippen molar-refractivity contribution in [2.45, 2.75) is 37.8 Å².